The van der Waals surface area contributed by atoms with Crippen LogP contribution in [0, 0.1) is 5.92 Å². The van der Waals surface area contributed by atoms with Gasteiger partial charge in [0.1, 0.15) is 6.54 Å². The van der Waals surface area contributed by atoms with Crippen LogP contribution in [-0.4, -0.2) is 56.2 Å². The highest BCUT2D eigenvalue weighted by atomic mass is 35.5. The van der Waals surface area contributed by atoms with Crippen LogP contribution in [0.25, 0.3) is 0 Å². The molecule has 1 aliphatic carbocycles. The molecule has 24 heavy (non-hydrogen) atoms. The number of amides is 1. The predicted molar refractivity (Wildman–Crippen MR) is 102 cm³/mol. The first-order valence-electron chi connectivity index (χ1n) is 8.15. The van der Waals surface area contributed by atoms with Crippen molar-refractivity contribution < 1.29 is 4.79 Å². The van der Waals surface area contributed by atoms with Crippen LogP contribution >= 0.6 is 23.4 Å². The first-order chi connectivity index (χ1) is 11.5. The van der Waals surface area contributed by atoms with E-state index < -0.39 is 0 Å². The van der Waals surface area contributed by atoms with Gasteiger partial charge in [-0.1, -0.05) is 11.6 Å². The Morgan fingerprint density at radius 1 is 1.29 bits per heavy atom. The molecule has 1 fully saturated rings. The van der Waals surface area contributed by atoms with Gasteiger partial charge in [-0.15, -0.1) is 11.8 Å². The molecule has 0 atom stereocenters. The van der Waals surface area contributed by atoms with Crippen LogP contribution in [0.3, 0.4) is 0 Å². The van der Waals surface area contributed by atoms with Crippen LogP contribution in [0.1, 0.15) is 12.8 Å². The molecule has 0 bridgehead atoms. The third-order valence-corrected chi connectivity index (χ3v) is 4.87. The zero-order chi connectivity index (χ0) is 17.4. The van der Waals surface area contributed by atoms with Crippen LogP contribution in [-0.2, 0) is 4.79 Å². The number of hydrogen-bond donors (Lipinski definition) is 2. The van der Waals surface area contributed by atoms with Gasteiger partial charge in [-0.2, -0.15) is 0 Å². The van der Waals surface area contributed by atoms with Gasteiger partial charge in [0.05, 0.1) is 0 Å². The van der Waals surface area contributed by atoms with E-state index in [-0.39, 0.29) is 12.5 Å². The van der Waals surface area contributed by atoms with Gasteiger partial charge >= 0.3 is 0 Å². The summed E-state index contributed by atoms with van der Waals surface area (Å²) in [6, 6.07) is 7.83. The molecule has 1 aromatic carbocycles. The summed E-state index contributed by atoms with van der Waals surface area (Å²) in [6.45, 7) is 1.86. The topological polar surface area (TPSA) is 56.7 Å². The van der Waals surface area contributed by atoms with E-state index in [0.717, 1.165) is 29.8 Å². The zero-order valence-electron chi connectivity index (χ0n) is 14.2. The van der Waals surface area contributed by atoms with Gasteiger partial charge in [-0.3, -0.25) is 4.79 Å². The second-order valence-corrected chi connectivity index (χ2v) is 7.61. The van der Waals surface area contributed by atoms with Gasteiger partial charge < -0.3 is 15.5 Å². The Morgan fingerprint density at radius 2 is 2.00 bits per heavy atom. The Hall–Kier alpha value is -1.40. The molecule has 0 unspecified atom stereocenters. The molecular weight excluding hydrogens is 344 g/mol. The predicted octanol–water partition coefficient (Wildman–Crippen LogP) is 2.47. The van der Waals surface area contributed by atoms with E-state index in [9.17, 15) is 4.79 Å². The normalized spacial score (nSPS) is 14.4. The van der Waals surface area contributed by atoms with Crippen molar-refractivity contribution in [2.45, 2.75) is 17.7 Å². The van der Waals surface area contributed by atoms with Gasteiger partial charge in [-0.05, 0) is 43.0 Å². The number of aliphatic imine (C=N–C) groups is 1. The molecular formula is C17H25ClN4OS. The van der Waals surface area contributed by atoms with Gasteiger partial charge in [0.25, 0.3) is 0 Å². The highest BCUT2D eigenvalue weighted by Gasteiger charge is 2.21. The number of thioether (sulfide) groups is 1. The van der Waals surface area contributed by atoms with Crippen molar-refractivity contribution in [1.29, 1.82) is 0 Å². The maximum atomic E-state index is 11.7. The minimum absolute atomic E-state index is 0.00180. The second kappa shape index (κ2) is 9.79. The molecule has 0 heterocycles. The third kappa shape index (κ3) is 7.45. The molecule has 0 aliphatic heterocycles. The lowest BCUT2D eigenvalue weighted by molar-refractivity contribution is -0.127. The lowest BCUT2D eigenvalue weighted by Crippen LogP contribution is -2.40. The maximum Gasteiger partial charge on any atom is 0.243 e. The van der Waals surface area contributed by atoms with Gasteiger partial charge in [0, 0.05) is 42.9 Å². The number of hydrogen-bond acceptors (Lipinski definition) is 3. The number of benzene rings is 1. The van der Waals surface area contributed by atoms with Gasteiger partial charge in [-0.25, -0.2) is 4.99 Å². The van der Waals surface area contributed by atoms with E-state index >= 15 is 0 Å². The fraction of sp³-hybridized carbons (Fsp3) is 0.529. The Bertz CT molecular complexity index is 558. The van der Waals surface area contributed by atoms with E-state index in [1.165, 1.54) is 17.7 Å². The number of carbonyl (C=O) groups is 1. The fourth-order valence-electron chi connectivity index (χ4n) is 1.89. The summed E-state index contributed by atoms with van der Waals surface area (Å²) in [4.78, 5) is 18.8. The second-order valence-electron chi connectivity index (χ2n) is 6.01. The summed E-state index contributed by atoms with van der Waals surface area (Å²) in [5, 5.41) is 7.38. The average molecular weight is 369 g/mol. The van der Waals surface area contributed by atoms with E-state index in [1.54, 1.807) is 30.8 Å². The van der Waals surface area contributed by atoms with Gasteiger partial charge in [0.2, 0.25) is 5.91 Å². The first-order valence-corrected chi connectivity index (χ1v) is 9.51. The standard InChI is InChI=1S/C17H25ClN4OS/c1-22(2)16(23)12-21-17(20-11-13-3-4-13)19-9-10-24-15-7-5-14(18)6-8-15/h5-8,13H,3-4,9-12H2,1-2H3,(H2,19,20,21). The van der Waals surface area contributed by atoms with Crippen molar-refractivity contribution in [2.24, 2.45) is 10.9 Å². The largest absolute Gasteiger partial charge is 0.356 e. The average Bonchev–Trinajstić information content (AvgIpc) is 3.38. The maximum absolute atomic E-state index is 11.7. The number of rotatable bonds is 8. The smallest absolute Gasteiger partial charge is 0.243 e. The fourth-order valence-corrected chi connectivity index (χ4v) is 2.79. The number of halogens is 1. The van der Waals surface area contributed by atoms with Crippen molar-refractivity contribution in [3.05, 3.63) is 29.3 Å². The molecule has 1 amide bonds. The van der Waals surface area contributed by atoms with Crippen LogP contribution < -0.4 is 10.6 Å². The molecule has 1 aromatic rings. The number of carbonyl (C=O) groups excluding carboxylic acids is 1. The van der Waals surface area contributed by atoms with E-state index in [1.807, 2.05) is 24.3 Å². The molecule has 0 aromatic heterocycles. The summed E-state index contributed by atoms with van der Waals surface area (Å²) in [6.07, 6.45) is 2.56. The van der Waals surface area contributed by atoms with Crippen molar-refractivity contribution in [3.8, 4) is 0 Å². The van der Waals surface area contributed by atoms with Crippen molar-refractivity contribution in [3.63, 3.8) is 0 Å². The summed E-state index contributed by atoms with van der Waals surface area (Å²) in [5.41, 5.74) is 0. The molecule has 132 valence electrons. The molecule has 2 N–H and O–H groups in total. The SMILES string of the molecule is CN(C)C(=O)CN=C(NCCSc1ccc(Cl)cc1)NCC1CC1. The van der Waals surface area contributed by atoms with Crippen molar-refractivity contribution in [1.82, 2.24) is 15.5 Å². The highest BCUT2D eigenvalue weighted by Crippen LogP contribution is 2.27. The van der Waals surface area contributed by atoms with E-state index in [2.05, 4.69) is 15.6 Å². The lowest BCUT2D eigenvalue weighted by Gasteiger charge is -2.13. The summed E-state index contributed by atoms with van der Waals surface area (Å²) < 4.78 is 0. The summed E-state index contributed by atoms with van der Waals surface area (Å²) in [5.74, 6) is 2.38. The van der Waals surface area contributed by atoms with Crippen LogP contribution in [0.15, 0.2) is 34.2 Å². The number of nitrogens with one attached hydrogen (secondary N) is 2. The number of guanidine groups is 1. The third-order valence-electron chi connectivity index (χ3n) is 3.60. The Labute approximate surface area is 153 Å². The minimum atomic E-state index is -0.00180. The Kier molecular flexibility index (Phi) is 7.72. The zero-order valence-corrected chi connectivity index (χ0v) is 15.8. The lowest BCUT2D eigenvalue weighted by atomic mass is 10.4. The monoisotopic (exact) mass is 368 g/mol. The first kappa shape index (κ1) is 18.9. The van der Waals surface area contributed by atoms with Crippen molar-refractivity contribution >= 4 is 35.2 Å². The highest BCUT2D eigenvalue weighted by molar-refractivity contribution is 7.99. The molecule has 0 spiro atoms. The van der Waals surface area contributed by atoms with E-state index in [4.69, 9.17) is 11.6 Å². The molecule has 2 rings (SSSR count). The summed E-state index contributed by atoms with van der Waals surface area (Å²) >= 11 is 7.64. The molecule has 1 saturated carbocycles. The van der Waals surface area contributed by atoms with Crippen LogP contribution in [0.4, 0.5) is 0 Å². The quantitative estimate of drug-likeness (QED) is 0.320. The molecule has 5 nitrogen and oxygen atoms in total. The summed E-state index contributed by atoms with van der Waals surface area (Å²) in [7, 11) is 3.48. The van der Waals surface area contributed by atoms with Crippen molar-refractivity contribution in [2.75, 3.05) is 39.5 Å². The molecule has 1 aliphatic rings. The minimum Gasteiger partial charge on any atom is -0.356 e. The van der Waals surface area contributed by atoms with Gasteiger partial charge in [0.15, 0.2) is 5.96 Å². The Morgan fingerprint density at radius 3 is 2.62 bits per heavy atom. The molecule has 0 saturated heterocycles. The number of likely N-dealkylation sites (N-methyl/N-ethyl adjacent to an activating group) is 1. The van der Waals surface area contributed by atoms with Crippen LogP contribution in [0.5, 0.6) is 0 Å². The number of nitrogens with zero attached hydrogens (tertiary/aromatic N) is 2. The molecule has 7 heteroatoms. The van der Waals surface area contributed by atoms with E-state index in [0.29, 0.717) is 5.96 Å². The Balaban J connectivity index is 1.74. The van der Waals surface area contributed by atoms with Crippen LogP contribution in [0.2, 0.25) is 5.02 Å². The molecule has 0 radical (unpaired) electrons.